The van der Waals surface area contributed by atoms with Crippen LogP contribution in [0.2, 0.25) is 0 Å². The summed E-state index contributed by atoms with van der Waals surface area (Å²) in [4.78, 5) is 49.6. The van der Waals surface area contributed by atoms with Gasteiger partial charge in [0, 0.05) is 12.6 Å². The van der Waals surface area contributed by atoms with E-state index in [1.807, 2.05) is 0 Å². The molecule has 2 aromatic rings. The van der Waals surface area contributed by atoms with E-state index in [2.05, 4.69) is 0 Å². The predicted octanol–water partition coefficient (Wildman–Crippen LogP) is 2.80. The van der Waals surface area contributed by atoms with Crippen LogP contribution in [0.5, 0.6) is 0 Å². The van der Waals surface area contributed by atoms with Crippen LogP contribution in [0.4, 0.5) is 4.39 Å². The topological polar surface area (TPSA) is 99.2 Å². The van der Waals surface area contributed by atoms with Gasteiger partial charge in [0.25, 0.3) is 0 Å². The van der Waals surface area contributed by atoms with E-state index >= 15 is 0 Å². The molecule has 0 spiro atoms. The molecule has 4 rings (SSSR count). The molecule has 2 aromatic carbocycles. The Hall–Kier alpha value is -3.85. The van der Waals surface area contributed by atoms with Gasteiger partial charge in [-0.3, -0.25) is 14.5 Å². The third kappa shape index (κ3) is 5.15. The summed E-state index contributed by atoms with van der Waals surface area (Å²) in [5, 5.41) is 0. The molecular formula is C24H20FNO7. The van der Waals surface area contributed by atoms with E-state index in [1.54, 1.807) is 60.7 Å². The Morgan fingerprint density at radius 3 is 2.21 bits per heavy atom. The van der Waals surface area contributed by atoms with Crippen molar-refractivity contribution < 1.29 is 37.8 Å². The molecule has 0 aliphatic carbocycles. The third-order valence-electron chi connectivity index (χ3n) is 5.27. The highest BCUT2D eigenvalue weighted by Gasteiger charge is 2.44. The highest BCUT2D eigenvalue weighted by atomic mass is 19.1. The van der Waals surface area contributed by atoms with Gasteiger partial charge in [-0.2, -0.15) is 0 Å². The molecule has 2 aliphatic heterocycles. The molecule has 0 radical (unpaired) electrons. The van der Waals surface area contributed by atoms with Crippen LogP contribution in [0.25, 0.3) is 0 Å². The van der Waals surface area contributed by atoms with Crippen LogP contribution >= 0.6 is 0 Å². The summed E-state index contributed by atoms with van der Waals surface area (Å²) in [5.74, 6) is -3.82. The number of hydrogen-bond donors (Lipinski definition) is 0. The number of nitrogens with zero attached hydrogens (tertiary/aromatic N) is 1. The number of halogens is 1. The summed E-state index contributed by atoms with van der Waals surface area (Å²) in [6, 6.07) is 16.6. The molecule has 3 atom stereocenters. The fourth-order valence-electron chi connectivity index (χ4n) is 3.56. The lowest BCUT2D eigenvalue weighted by molar-refractivity contribution is -0.145. The van der Waals surface area contributed by atoms with E-state index in [-0.39, 0.29) is 13.0 Å². The van der Waals surface area contributed by atoms with Gasteiger partial charge in [-0.1, -0.05) is 36.4 Å². The molecule has 0 bridgehead atoms. The second-order valence-electron chi connectivity index (χ2n) is 7.52. The first-order chi connectivity index (χ1) is 15.9. The molecule has 0 N–H and O–H groups in total. The Balaban J connectivity index is 1.49. The minimum absolute atomic E-state index is 0.00976. The SMILES string of the molecule is O=C1CC(=O)N([C@@H]2C[C@@H](OC(=O)c3ccccc3)[C@H](COC(=O)c3ccccc3)O2)C=C1F. The van der Waals surface area contributed by atoms with E-state index in [0.717, 1.165) is 11.1 Å². The number of carbonyl (C=O) groups is 4. The van der Waals surface area contributed by atoms with Crippen molar-refractivity contribution in [2.45, 2.75) is 31.3 Å². The van der Waals surface area contributed by atoms with Gasteiger partial charge in [-0.15, -0.1) is 0 Å². The smallest absolute Gasteiger partial charge is 0.338 e. The van der Waals surface area contributed by atoms with Crippen molar-refractivity contribution in [3.63, 3.8) is 0 Å². The predicted molar refractivity (Wildman–Crippen MR) is 111 cm³/mol. The van der Waals surface area contributed by atoms with Gasteiger partial charge in [-0.25, -0.2) is 14.0 Å². The van der Waals surface area contributed by atoms with E-state index in [0.29, 0.717) is 11.1 Å². The van der Waals surface area contributed by atoms with E-state index in [1.165, 1.54) is 0 Å². The minimum atomic E-state index is -1.06. The van der Waals surface area contributed by atoms with Crippen LogP contribution in [0.15, 0.2) is 72.7 Å². The number of rotatable bonds is 6. The Kier molecular flexibility index (Phi) is 6.60. The number of carbonyl (C=O) groups excluding carboxylic acids is 4. The van der Waals surface area contributed by atoms with Gasteiger partial charge in [-0.05, 0) is 24.3 Å². The number of amides is 1. The molecule has 2 aliphatic rings. The third-order valence-corrected chi connectivity index (χ3v) is 5.27. The lowest BCUT2D eigenvalue weighted by Crippen LogP contribution is -2.40. The highest BCUT2D eigenvalue weighted by Crippen LogP contribution is 2.30. The largest absolute Gasteiger partial charge is 0.459 e. The Morgan fingerprint density at radius 1 is 0.970 bits per heavy atom. The first-order valence-corrected chi connectivity index (χ1v) is 10.3. The summed E-state index contributed by atoms with van der Waals surface area (Å²) in [5.41, 5.74) is 0.645. The molecule has 1 fully saturated rings. The normalized spacial score (nSPS) is 22.6. The van der Waals surface area contributed by atoms with Crippen LogP contribution in [-0.4, -0.2) is 53.6 Å². The Morgan fingerprint density at radius 2 is 1.58 bits per heavy atom. The monoisotopic (exact) mass is 453 g/mol. The maximum absolute atomic E-state index is 13.8. The fraction of sp³-hybridized carbons (Fsp3) is 0.250. The molecule has 9 heteroatoms. The number of hydrogen-bond acceptors (Lipinski definition) is 7. The molecule has 0 unspecified atom stereocenters. The Labute approximate surface area is 188 Å². The van der Waals surface area contributed by atoms with E-state index in [4.69, 9.17) is 14.2 Å². The second kappa shape index (κ2) is 9.74. The maximum Gasteiger partial charge on any atom is 0.338 e. The first-order valence-electron chi connectivity index (χ1n) is 10.3. The number of Topliss-reactive ketones (excluding diaryl/α,β-unsaturated/α-hetero) is 1. The van der Waals surface area contributed by atoms with Crippen molar-refractivity contribution in [1.82, 2.24) is 4.90 Å². The van der Waals surface area contributed by atoms with Crippen LogP contribution in [-0.2, 0) is 23.8 Å². The number of esters is 2. The van der Waals surface area contributed by atoms with Crippen molar-refractivity contribution in [2.75, 3.05) is 6.61 Å². The summed E-state index contributed by atoms with van der Waals surface area (Å²) in [6.07, 6.45) is -2.61. The van der Waals surface area contributed by atoms with Crippen molar-refractivity contribution >= 4 is 23.6 Å². The highest BCUT2D eigenvalue weighted by molar-refractivity contribution is 6.08. The zero-order valence-electron chi connectivity index (χ0n) is 17.4. The summed E-state index contributed by atoms with van der Waals surface area (Å²) >= 11 is 0. The number of ether oxygens (including phenoxy) is 3. The van der Waals surface area contributed by atoms with Crippen molar-refractivity contribution in [1.29, 1.82) is 0 Å². The molecule has 1 saturated heterocycles. The molecule has 0 saturated carbocycles. The lowest BCUT2D eigenvalue weighted by atomic mass is 10.1. The average molecular weight is 453 g/mol. The summed E-state index contributed by atoms with van der Waals surface area (Å²) < 4.78 is 30.6. The number of allylic oxidation sites excluding steroid dienone is 1. The lowest BCUT2D eigenvalue weighted by Gasteiger charge is -2.27. The van der Waals surface area contributed by atoms with Crippen molar-refractivity contribution in [2.24, 2.45) is 0 Å². The zero-order chi connectivity index (χ0) is 23.4. The van der Waals surface area contributed by atoms with Crippen molar-refractivity contribution in [3.8, 4) is 0 Å². The summed E-state index contributed by atoms with van der Waals surface area (Å²) in [6.45, 7) is -0.260. The van der Waals surface area contributed by atoms with E-state index < -0.39 is 54.3 Å². The molecule has 2 heterocycles. The molecule has 33 heavy (non-hydrogen) atoms. The maximum atomic E-state index is 13.8. The van der Waals surface area contributed by atoms with Gasteiger partial charge in [0.1, 0.15) is 25.0 Å². The summed E-state index contributed by atoms with van der Waals surface area (Å²) in [7, 11) is 0. The molecule has 0 aromatic heterocycles. The molecular weight excluding hydrogens is 433 g/mol. The van der Waals surface area contributed by atoms with Gasteiger partial charge in [0.15, 0.2) is 5.83 Å². The second-order valence-corrected chi connectivity index (χ2v) is 7.52. The first kappa shape index (κ1) is 22.3. The Bertz CT molecular complexity index is 1090. The van der Waals surface area contributed by atoms with Crippen LogP contribution < -0.4 is 0 Å². The van der Waals surface area contributed by atoms with Gasteiger partial charge >= 0.3 is 11.9 Å². The van der Waals surface area contributed by atoms with Crippen LogP contribution in [0.1, 0.15) is 33.6 Å². The molecule has 1 amide bonds. The number of ketones is 1. The van der Waals surface area contributed by atoms with Crippen molar-refractivity contribution in [3.05, 3.63) is 83.8 Å². The van der Waals surface area contributed by atoms with Crippen LogP contribution in [0, 0.1) is 0 Å². The minimum Gasteiger partial charge on any atom is -0.459 e. The fourth-order valence-corrected chi connectivity index (χ4v) is 3.56. The standard InChI is InChI=1S/C24H20FNO7/c25-17-13-26(21(28)11-18(17)27)22-12-19(33-24(30)16-9-5-2-6-10-16)20(32-22)14-31-23(29)15-7-3-1-4-8-15/h1-10,13,19-20,22H,11-12,14H2/t19-,20+,22+/m1/s1. The van der Waals surface area contributed by atoms with Crippen LogP contribution in [0.3, 0.4) is 0 Å². The average Bonchev–Trinajstić information content (AvgIpc) is 3.23. The zero-order valence-corrected chi connectivity index (χ0v) is 17.4. The number of benzene rings is 2. The quantitative estimate of drug-likeness (QED) is 0.490. The molecule has 8 nitrogen and oxygen atoms in total. The van der Waals surface area contributed by atoms with Gasteiger partial charge < -0.3 is 14.2 Å². The van der Waals surface area contributed by atoms with Gasteiger partial charge in [0.05, 0.1) is 17.5 Å². The van der Waals surface area contributed by atoms with E-state index in [9.17, 15) is 23.6 Å². The molecule has 170 valence electrons. The van der Waals surface area contributed by atoms with Gasteiger partial charge in [0.2, 0.25) is 11.7 Å².